The Morgan fingerprint density at radius 2 is 1.72 bits per heavy atom. The fourth-order valence-corrected chi connectivity index (χ4v) is 1.83. The highest BCUT2D eigenvalue weighted by Gasteiger charge is 2.15. The number of rotatable bonds is 1. The zero-order valence-electron chi connectivity index (χ0n) is 9.54. The molecule has 0 unspecified atom stereocenters. The lowest BCUT2D eigenvalue weighted by Crippen LogP contribution is -1.91. The first-order valence-corrected chi connectivity index (χ1v) is 5.43. The summed E-state index contributed by atoms with van der Waals surface area (Å²) >= 11 is 0. The van der Waals surface area contributed by atoms with Crippen LogP contribution in [0, 0.1) is 18.6 Å². The molecular formula is C13H9F2N3. The van der Waals surface area contributed by atoms with Crippen LogP contribution < -0.4 is 0 Å². The van der Waals surface area contributed by atoms with E-state index >= 15 is 0 Å². The van der Waals surface area contributed by atoms with Gasteiger partial charge in [0, 0.05) is 5.69 Å². The molecule has 0 spiro atoms. The molecule has 18 heavy (non-hydrogen) atoms. The van der Waals surface area contributed by atoms with Crippen molar-refractivity contribution in [2.75, 3.05) is 0 Å². The maximum atomic E-state index is 13.6. The maximum absolute atomic E-state index is 13.6. The average molecular weight is 245 g/mol. The highest BCUT2D eigenvalue weighted by molar-refractivity contribution is 5.76. The molecule has 5 heteroatoms. The Hall–Kier alpha value is -2.30. The van der Waals surface area contributed by atoms with Gasteiger partial charge in [0.05, 0.1) is 11.1 Å². The Bertz CT molecular complexity index is 714. The van der Waals surface area contributed by atoms with E-state index in [1.807, 2.05) is 13.0 Å². The van der Waals surface area contributed by atoms with Crippen molar-refractivity contribution in [2.24, 2.45) is 0 Å². The highest BCUT2D eigenvalue weighted by atomic mass is 19.1. The van der Waals surface area contributed by atoms with Crippen LogP contribution in [0.15, 0.2) is 30.3 Å². The summed E-state index contributed by atoms with van der Waals surface area (Å²) in [7, 11) is 0. The van der Waals surface area contributed by atoms with Crippen LogP contribution in [0.2, 0.25) is 0 Å². The predicted molar refractivity (Wildman–Crippen MR) is 64.0 cm³/mol. The SMILES string of the molecule is Cc1ccc2[nH]c(-c3c(F)cccc3F)nc2n1. The monoisotopic (exact) mass is 245 g/mol. The van der Waals surface area contributed by atoms with Crippen LogP contribution in [0.1, 0.15) is 5.69 Å². The second-order valence-corrected chi connectivity index (χ2v) is 4.01. The summed E-state index contributed by atoms with van der Waals surface area (Å²) in [6.07, 6.45) is 0. The van der Waals surface area contributed by atoms with E-state index in [4.69, 9.17) is 0 Å². The second-order valence-electron chi connectivity index (χ2n) is 4.01. The summed E-state index contributed by atoms with van der Waals surface area (Å²) in [5, 5.41) is 0. The molecule has 0 fully saturated rings. The highest BCUT2D eigenvalue weighted by Crippen LogP contribution is 2.25. The van der Waals surface area contributed by atoms with Gasteiger partial charge >= 0.3 is 0 Å². The molecule has 2 aromatic heterocycles. The number of fused-ring (bicyclic) bond motifs is 1. The average Bonchev–Trinajstić information content (AvgIpc) is 2.71. The standard InChI is InChI=1S/C13H9F2N3/c1-7-5-6-10-12(16-7)18-13(17-10)11-8(14)3-2-4-9(11)15/h2-6H,1H3,(H,16,17,18). The molecule has 0 aliphatic carbocycles. The van der Waals surface area contributed by atoms with Crippen molar-refractivity contribution < 1.29 is 8.78 Å². The van der Waals surface area contributed by atoms with Gasteiger partial charge in [-0.1, -0.05) is 6.07 Å². The molecule has 0 saturated heterocycles. The number of aromatic amines is 1. The summed E-state index contributed by atoms with van der Waals surface area (Å²) in [4.78, 5) is 11.2. The molecule has 0 aliphatic rings. The minimum absolute atomic E-state index is 0.152. The topological polar surface area (TPSA) is 41.6 Å². The van der Waals surface area contributed by atoms with E-state index in [1.165, 1.54) is 18.2 Å². The number of aryl methyl sites for hydroxylation is 1. The van der Waals surface area contributed by atoms with E-state index in [0.29, 0.717) is 11.2 Å². The molecule has 0 radical (unpaired) electrons. The molecule has 1 N–H and O–H groups in total. The first-order valence-electron chi connectivity index (χ1n) is 5.43. The summed E-state index contributed by atoms with van der Waals surface area (Å²) in [6.45, 7) is 1.83. The third-order valence-electron chi connectivity index (χ3n) is 2.68. The molecule has 3 rings (SSSR count). The Kier molecular flexibility index (Phi) is 2.33. The molecule has 0 bridgehead atoms. The Morgan fingerprint density at radius 3 is 2.44 bits per heavy atom. The van der Waals surface area contributed by atoms with Gasteiger partial charge in [0.25, 0.3) is 0 Å². The smallest absolute Gasteiger partial charge is 0.178 e. The van der Waals surface area contributed by atoms with Gasteiger partial charge in [-0.15, -0.1) is 0 Å². The predicted octanol–water partition coefficient (Wildman–Crippen LogP) is 3.21. The minimum Gasteiger partial charge on any atom is -0.336 e. The van der Waals surface area contributed by atoms with E-state index < -0.39 is 11.6 Å². The van der Waals surface area contributed by atoms with Crippen molar-refractivity contribution >= 4 is 11.2 Å². The van der Waals surface area contributed by atoms with E-state index in [0.717, 1.165) is 5.69 Å². The van der Waals surface area contributed by atoms with Crippen LogP contribution in [-0.4, -0.2) is 15.0 Å². The fourth-order valence-electron chi connectivity index (χ4n) is 1.83. The largest absolute Gasteiger partial charge is 0.336 e. The molecular weight excluding hydrogens is 236 g/mol. The van der Waals surface area contributed by atoms with Crippen LogP contribution in [-0.2, 0) is 0 Å². The lowest BCUT2D eigenvalue weighted by Gasteiger charge is -1.99. The fraction of sp³-hybridized carbons (Fsp3) is 0.0769. The number of H-pyrrole nitrogens is 1. The zero-order chi connectivity index (χ0) is 12.7. The third-order valence-corrected chi connectivity index (χ3v) is 2.68. The molecule has 0 amide bonds. The number of pyridine rings is 1. The minimum atomic E-state index is -0.647. The summed E-state index contributed by atoms with van der Waals surface area (Å²) in [6, 6.07) is 7.31. The van der Waals surface area contributed by atoms with Crippen molar-refractivity contribution in [3.8, 4) is 11.4 Å². The van der Waals surface area contributed by atoms with Crippen molar-refractivity contribution in [3.63, 3.8) is 0 Å². The Morgan fingerprint density at radius 1 is 1.00 bits per heavy atom. The van der Waals surface area contributed by atoms with Gasteiger partial charge in [0.15, 0.2) is 5.65 Å². The third kappa shape index (κ3) is 1.64. The molecule has 2 heterocycles. The quantitative estimate of drug-likeness (QED) is 0.715. The maximum Gasteiger partial charge on any atom is 0.178 e. The number of aromatic nitrogens is 3. The van der Waals surface area contributed by atoms with Crippen molar-refractivity contribution in [3.05, 3.63) is 47.7 Å². The van der Waals surface area contributed by atoms with Gasteiger partial charge in [0.1, 0.15) is 17.5 Å². The van der Waals surface area contributed by atoms with Gasteiger partial charge in [-0.3, -0.25) is 0 Å². The van der Waals surface area contributed by atoms with Gasteiger partial charge in [-0.05, 0) is 31.2 Å². The number of hydrogen-bond donors (Lipinski definition) is 1. The molecule has 0 aliphatic heterocycles. The lowest BCUT2D eigenvalue weighted by molar-refractivity contribution is 0.588. The number of halogens is 2. The first-order chi connectivity index (χ1) is 8.65. The van der Waals surface area contributed by atoms with E-state index in [1.54, 1.807) is 6.07 Å². The van der Waals surface area contributed by atoms with Crippen LogP contribution in [0.3, 0.4) is 0 Å². The van der Waals surface area contributed by atoms with Crippen molar-refractivity contribution in [1.29, 1.82) is 0 Å². The molecule has 3 aromatic rings. The lowest BCUT2D eigenvalue weighted by atomic mass is 10.2. The van der Waals surface area contributed by atoms with Crippen LogP contribution >= 0.6 is 0 Å². The van der Waals surface area contributed by atoms with Crippen LogP contribution in [0.4, 0.5) is 8.78 Å². The van der Waals surface area contributed by atoms with Gasteiger partial charge in [-0.25, -0.2) is 18.7 Å². The molecule has 0 saturated carbocycles. The summed E-state index contributed by atoms with van der Waals surface area (Å²) in [5.74, 6) is -1.14. The zero-order valence-corrected chi connectivity index (χ0v) is 9.54. The second kappa shape index (κ2) is 3.87. The molecule has 90 valence electrons. The van der Waals surface area contributed by atoms with Crippen LogP contribution in [0.25, 0.3) is 22.6 Å². The van der Waals surface area contributed by atoms with E-state index in [2.05, 4.69) is 15.0 Å². The molecule has 1 aromatic carbocycles. The van der Waals surface area contributed by atoms with Gasteiger partial charge in [-0.2, -0.15) is 0 Å². The Balaban J connectivity index is 2.26. The first kappa shape index (κ1) is 10.8. The molecule has 3 nitrogen and oxygen atoms in total. The number of hydrogen-bond acceptors (Lipinski definition) is 2. The Labute approximate surface area is 102 Å². The normalized spacial score (nSPS) is 11.1. The number of imidazole rings is 1. The van der Waals surface area contributed by atoms with Crippen molar-refractivity contribution in [2.45, 2.75) is 6.92 Å². The number of nitrogens with one attached hydrogen (secondary N) is 1. The molecule has 0 atom stereocenters. The number of benzene rings is 1. The summed E-state index contributed by atoms with van der Waals surface area (Å²) < 4.78 is 27.2. The van der Waals surface area contributed by atoms with E-state index in [-0.39, 0.29) is 11.4 Å². The van der Waals surface area contributed by atoms with Gasteiger partial charge < -0.3 is 4.98 Å². The van der Waals surface area contributed by atoms with Crippen molar-refractivity contribution in [1.82, 2.24) is 15.0 Å². The number of nitrogens with zero attached hydrogens (tertiary/aromatic N) is 2. The summed E-state index contributed by atoms with van der Waals surface area (Å²) in [5.41, 5.74) is 1.74. The van der Waals surface area contributed by atoms with Crippen LogP contribution in [0.5, 0.6) is 0 Å². The van der Waals surface area contributed by atoms with E-state index in [9.17, 15) is 8.78 Å². The van der Waals surface area contributed by atoms with Gasteiger partial charge in [0.2, 0.25) is 0 Å².